The Kier molecular flexibility index (Phi) is 8.05. The molecule has 1 atom stereocenters. The third kappa shape index (κ3) is 7.04. The number of benzene rings is 2. The summed E-state index contributed by atoms with van der Waals surface area (Å²) in [5.41, 5.74) is 5.45. The maximum Gasteiger partial charge on any atom is 0.324 e. The summed E-state index contributed by atoms with van der Waals surface area (Å²) in [6, 6.07) is 9.44. The second-order valence-electron chi connectivity index (χ2n) is 6.39. The lowest BCUT2D eigenvalue weighted by Crippen LogP contribution is -2.42. The van der Waals surface area contributed by atoms with Crippen LogP contribution in [0.3, 0.4) is 0 Å². The van der Waals surface area contributed by atoms with Gasteiger partial charge in [-0.15, -0.1) is 0 Å². The number of rotatable bonds is 11. The Balaban J connectivity index is 2.11. The average Bonchev–Trinajstić information content (AvgIpc) is 2.75. The Hall–Kier alpha value is -3.51. The van der Waals surface area contributed by atoms with Gasteiger partial charge in [0.2, 0.25) is 15.9 Å². The average molecular weight is 451 g/mol. The zero-order valence-corrected chi connectivity index (χ0v) is 17.3. The molecule has 0 saturated heterocycles. The Labute approximate surface area is 178 Å². The van der Waals surface area contributed by atoms with E-state index >= 15 is 0 Å². The van der Waals surface area contributed by atoms with E-state index in [1.165, 1.54) is 55.6 Å². The summed E-state index contributed by atoms with van der Waals surface area (Å²) in [5.74, 6) is -1.18. The number of non-ortho nitro benzene ring substituents is 1. The minimum Gasteiger partial charge on any atom is -0.497 e. The quantitative estimate of drug-likeness (QED) is 0.292. The fourth-order valence-electron chi connectivity index (χ4n) is 2.49. The molecular weight excluding hydrogens is 430 g/mol. The van der Waals surface area contributed by atoms with Gasteiger partial charge in [0.05, 0.1) is 16.9 Å². The molecule has 0 spiro atoms. The van der Waals surface area contributed by atoms with Crippen molar-refractivity contribution >= 4 is 27.6 Å². The number of methoxy groups -OCH3 is 1. The summed E-state index contributed by atoms with van der Waals surface area (Å²) in [6.45, 7) is -0.242. The highest BCUT2D eigenvalue weighted by molar-refractivity contribution is 7.89. The zero-order valence-electron chi connectivity index (χ0n) is 16.5. The van der Waals surface area contributed by atoms with Crippen LogP contribution in [0.15, 0.2) is 53.4 Å². The van der Waals surface area contributed by atoms with Crippen LogP contribution in [0.4, 0.5) is 5.69 Å². The lowest BCUT2D eigenvalue weighted by atomic mass is 10.1. The van der Waals surface area contributed by atoms with E-state index < -0.39 is 32.9 Å². The minimum absolute atomic E-state index is 0.111. The lowest BCUT2D eigenvalue weighted by molar-refractivity contribution is -0.384. The second kappa shape index (κ2) is 10.5. The van der Waals surface area contributed by atoms with Crippen molar-refractivity contribution in [3.63, 3.8) is 0 Å². The number of esters is 1. The summed E-state index contributed by atoms with van der Waals surface area (Å²) in [4.78, 5) is 33.6. The van der Waals surface area contributed by atoms with Gasteiger partial charge in [-0.25, -0.2) is 8.42 Å². The van der Waals surface area contributed by atoms with Crippen molar-refractivity contribution in [2.45, 2.75) is 30.4 Å². The number of hydrogen-bond acceptors (Lipinski definition) is 8. The van der Waals surface area contributed by atoms with E-state index in [4.69, 9.17) is 15.2 Å². The molecule has 166 valence electrons. The number of carbonyl (C=O) groups excluding carboxylic acids is 2. The Morgan fingerprint density at radius 3 is 2.26 bits per heavy atom. The maximum atomic E-state index is 12.6. The molecule has 0 aliphatic heterocycles. The number of carbonyl (C=O) groups is 2. The normalized spacial score (nSPS) is 12.0. The number of nitrogens with one attached hydrogen (secondary N) is 1. The van der Waals surface area contributed by atoms with Crippen LogP contribution in [0.25, 0.3) is 0 Å². The topological polar surface area (TPSA) is 168 Å². The first-order valence-corrected chi connectivity index (χ1v) is 10.5. The molecule has 0 saturated carbocycles. The van der Waals surface area contributed by atoms with Crippen LogP contribution in [0.1, 0.15) is 18.4 Å². The largest absolute Gasteiger partial charge is 0.497 e. The first kappa shape index (κ1) is 23.8. The van der Waals surface area contributed by atoms with Crippen LogP contribution in [-0.2, 0) is 31.0 Å². The molecule has 12 heteroatoms. The molecular formula is C19H21N3O8S. The molecule has 3 N–H and O–H groups in total. The van der Waals surface area contributed by atoms with Crippen LogP contribution >= 0.6 is 0 Å². The third-order valence-electron chi connectivity index (χ3n) is 4.16. The van der Waals surface area contributed by atoms with E-state index in [9.17, 15) is 28.1 Å². The lowest BCUT2D eigenvalue weighted by Gasteiger charge is -2.17. The second-order valence-corrected chi connectivity index (χ2v) is 8.10. The standard InChI is InChI=1S/C19H21N3O8S/c1-29-15-6-8-16(9-7-15)31(27,28)21-17(10-11-18(20)23)19(24)30-12-13-2-4-14(5-3-13)22(25)26/h2-9,17,21H,10-12H2,1H3,(H2,20,23)/t17-/m1/s1. The van der Waals surface area contributed by atoms with E-state index in [2.05, 4.69) is 4.72 Å². The Bertz CT molecular complexity index is 1040. The Morgan fingerprint density at radius 1 is 1.13 bits per heavy atom. The summed E-state index contributed by atoms with van der Waals surface area (Å²) in [6.07, 6.45) is -0.452. The van der Waals surface area contributed by atoms with E-state index in [0.717, 1.165) is 0 Å². The van der Waals surface area contributed by atoms with E-state index in [1.54, 1.807) is 0 Å². The third-order valence-corrected chi connectivity index (χ3v) is 5.65. The van der Waals surface area contributed by atoms with Gasteiger partial charge in [0.1, 0.15) is 18.4 Å². The number of amides is 1. The van der Waals surface area contributed by atoms with Gasteiger partial charge in [0.15, 0.2) is 0 Å². The summed E-state index contributed by atoms with van der Waals surface area (Å²) < 4.78 is 37.6. The van der Waals surface area contributed by atoms with Crippen molar-refractivity contribution < 1.29 is 32.4 Å². The molecule has 31 heavy (non-hydrogen) atoms. The van der Waals surface area contributed by atoms with Crippen molar-refractivity contribution in [1.29, 1.82) is 0 Å². The summed E-state index contributed by atoms with van der Waals surface area (Å²) in [5, 5.41) is 10.7. The van der Waals surface area contributed by atoms with Gasteiger partial charge in [-0.05, 0) is 48.4 Å². The van der Waals surface area contributed by atoms with Crippen molar-refractivity contribution in [2.24, 2.45) is 5.73 Å². The van der Waals surface area contributed by atoms with Crippen molar-refractivity contribution in [3.8, 4) is 5.75 Å². The highest BCUT2D eigenvalue weighted by atomic mass is 32.2. The molecule has 2 rings (SSSR count). The number of nitro benzene ring substituents is 1. The van der Waals surface area contributed by atoms with E-state index in [-0.39, 0.29) is 30.0 Å². The summed E-state index contributed by atoms with van der Waals surface area (Å²) >= 11 is 0. The van der Waals surface area contributed by atoms with Gasteiger partial charge >= 0.3 is 5.97 Å². The van der Waals surface area contributed by atoms with Crippen LogP contribution in [0.2, 0.25) is 0 Å². The number of nitro groups is 1. The SMILES string of the molecule is COc1ccc(S(=O)(=O)N[C@H](CCC(N)=O)C(=O)OCc2ccc([N+](=O)[O-])cc2)cc1. The molecule has 0 fully saturated rings. The molecule has 2 aromatic rings. The molecule has 0 bridgehead atoms. The Morgan fingerprint density at radius 2 is 1.74 bits per heavy atom. The molecule has 1 amide bonds. The number of primary amides is 1. The van der Waals surface area contributed by atoms with Crippen LogP contribution in [-0.4, -0.2) is 38.4 Å². The molecule has 2 aromatic carbocycles. The number of nitrogens with zero attached hydrogens (tertiary/aromatic N) is 1. The molecule has 0 unspecified atom stereocenters. The van der Waals surface area contributed by atoms with Crippen molar-refractivity contribution in [2.75, 3.05) is 7.11 Å². The van der Waals surface area contributed by atoms with Gasteiger partial charge < -0.3 is 15.2 Å². The predicted molar refractivity (Wildman–Crippen MR) is 108 cm³/mol. The maximum absolute atomic E-state index is 12.6. The van der Waals surface area contributed by atoms with Gasteiger partial charge in [0.25, 0.3) is 5.69 Å². The number of nitrogens with two attached hydrogens (primary N) is 1. The molecule has 11 nitrogen and oxygen atoms in total. The molecule has 0 heterocycles. The van der Waals surface area contributed by atoms with Gasteiger partial charge in [0, 0.05) is 18.6 Å². The van der Waals surface area contributed by atoms with Crippen LogP contribution in [0.5, 0.6) is 5.75 Å². The minimum atomic E-state index is -4.11. The van der Waals surface area contributed by atoms with Gasteiger partial charge in [-0.3, -0.25) is 19.7 Å². The highest BCUT2D eigenvalue weighted by Crippen LogP contribution is 2.17. The summed E-state index contributed by atoms with van der Waals surface area (Å²) in [7, 11) is -2.68. The number of hydrogen-bond donors (Lipinski definition) is 2. The molecule has 0 aliphatic rings. The fourth-order valence-corrected chi connectivity index (χ4v) is 3.71. The van der Waals surface area contributed by atoms with Crippen molar-refractivity contribution in [3.05, 3.63) is 64.2 Å². The molecule has 0 radical (unpaired) electrons. The first-order valence-electron chi connectivity index (χ1n) is 8.97. The van der Waals surface area contributed by atoms with Crippen LogP contribution in [0, 0.1) is 10.1 Å². The first-order chi connectivity index (χ1) is 14.6. The molecule has 0 aliphatic carbocycles. The van der Waals surface area contributed by atoms with Gasteiger partial charge in [-0.2, -0.15) is 4.72 Å². The van der Waals surface area contributed by atoms with Crippen molar-refractivity contribution in [1.82, 2.24) is 4.72 Å². The highest BCUT2D eigenvalue weighted by Gasteiger charge is 2.27. The van der Waals surface area contributed by atoms with E-state index in [0.29, 0.717) is 11.3 Å². The van der Waals surface area contributed by atoms with Crippen LogP contribution < -0.4 is 15.2 Å². The fraction of sp³-hybridized carbons (Fsp3) is 0.263. The zero-order chi connectivity index (χ0) is 23.0. The number of ether oxygens (including phenoxy) is 2. The monoisotopic (exact) mass is 451 g/mol. The number of sulfonamides is 1. The predicted octanol–water partition coefficient (Wildman–Crippen LogP) is 1.26. The van der Waals surface area contributed by atoms with Gasteiger partial charge in [-0.1, -0.05) is 0 Å². The van der Waals surface area contributed by atoms with E-state index in [1.807, 2.05) is 0 Å². The molecule has 0 aromatic heterocycles. The smallest absolute Gasteiger partial charge is 0.324 e.